The second-order valence-electron chi connectivity index (χ2n) is 9.35. The molecule has 0 radical (unpaired) electrons. The van der Waals surface area contributed by atoms with Gasteiger partial charge < -0.3 is 9.73 Å². The molecule has 0 unspecified atom stereocenters. The Morgan fingerprint density at radius 1 is 1.17 bits per heavy atom. The first kappa shape index (κ1) is 21.9. The minimum Gasteiger partial charge on any atom is -0.408 e. The van der Waals surface area contributed by atoms with Gasteiger partial charge >= 0.3 is 5.76 Å². The lowest BCUT2D eigenvalue weighted by Crippen LogP contribution is -2.46. The summed E-state index contributed by atoms with van der Waals surface area (Å²) in [6.07, 6.45) is 3.66. The average Bonchev–Trinajstić information content (AvgIpc) is 2.95. The van der Waals surface area contributed by atoms with Crippen molar-refractivity contribution < 1.29 is 12.8 Å². The number of fused-ring (bicyclic) bond motifs is 1. The van der Waals surface area contributed by atoms with Crippen LogP contribution < -0.4 is 15.8 Å². The van der Waals surface area contributed by atoms with Crippen LogP contribution in [-0.2, 0) is 10.0 Å². The van der Waals surface area contributed by atoms with E-state index in [0.29, 0.717) is 11.5 Å². The summed E-state index contributed by atoms with van der Waals surface area (Å²) >= 11 is 0. The van der Waals surface area contributed by atoms with Crippen LogP contribution >= 0.6 is 0 Å². The third-order valence-corrected chi connectivity index (χ3v) is 7.96. The fraction of sp³-hybridized carbons (Fsp3) is 0.667. The number of hydrogen-bond donors (Lipinski definition) is 2. The van der Waals surface area contributed by atoms with E-state index >= 15 is 0 Å². The Bertz CT molecular complexity index is 1010. The van der Waals surface area contributed by atoms with Crippen molar-refractivity contribution in [3.8, 4) is 0 Å². The smallest absolute Gasteiger partial charge is 0.408 e. The summed E-state index contributed by atoms with van der Waals surface area (Å²) in [4.78, 5) is 12.0. The predicted octanol–water partition coefficient (Wildman–Crippen LogP) is 3.86. The minimum atomic E-state index is -3.30. The van der Waals surface area contributed by atoms with Gasteiger partial charge in [-0.3, -0.25) is 4.57 Å². The molecule has 7 nitrogen and oxygen atoms in total. The number of aromatic nitrogens is 1. The van der Waals surface area contributed by atoms with Gasteiger partial charge in [-0.1, -0.05) is 0 Å². The van der Waals surface area contributed by atoms with E-state index in [-0.39, 0.29) is 17.8 Å². The molecule has 29 heavy (non-hydrogen) atoms. The fourth-order valence-electron chi connectivity index (χ4n) is 3.78. The van der Waals surface area contributed by atoms with Gasteiger partial charge in [0.1, 0.15) is 0 Å². The van der Waals surface area contributed by atoms with Crippen molar-refractivity contribution >= 4 is 26.8 Å². The van der Waals surface area contributed by atoms with Crippen LogP contribution in [-0.4, -0.2) is 30.3 Å². The second-order valence-corrected chi connectivity index (χ2v) is 11.8. The lowest BCUT2D eigenvalue weighted by Gasteiger charge is -2.31. The van der Waals surface area contributed by atoms with Crippen LogP contribution in [0.2, 0.25) is 0 Å². The molecule has 0 aliphatic heterocycles. The summed E-state index contributed by atoms with van der Waals surface area (Å²) in [6, 6.07) is 5.84. The van der Waals surface area contributed by atoms with E-state index in [2.05, 4.69) is 10.0 Å². The van der Waals surface area contributed by atoms with Crippen molar-refractivity contribution in [3.05, 3.63) is 28.7 Å². The first-order valence-electron chi connectivity index (χ1n) is 10.4. The topological polar surface area (TPSA) is 93.3 Å². The number of oxazole rings is 1. The maximum absolute atomic E-state index is 12.3. The van der Waals surface area contributed by atoms with Crippen molar-refractivity contribution in [3.63, 3.8) is 0 Å². The van der Waals surface area contributed by atoms with Crippen LogP contribution in [0.1, 0.15) is 66.3 Å². The van der Waals surface area contributed by atoms with Gasteiger partial charge in [0.2, 0.25) is 10.0 Å². The van der Waals surface area contributed by atoms with Gasteiger partial charge in [-0.2, -0.15) is 0 Å². The molecular formula is C21H33N3O4S. The van der Waals surface area contributed by atoms with Crippen LogP contribution in [0.3, 0.4) is 0 Å². The number of rotatable bonds is 6. The third kappa shape index (κ3) is 4.86. The monoisotopic (exact) mass is 423 g/mol. The van der Waals surface area contributed by atoms with E-state index in [4.69, 9.17) is 4.42 Å². The number of sulfonamides is 1. The summed E-state index contributed by atoms with van der Waals surface area (Å²) < 4.78 is 33.8. The molecule has 1 fully saturated rings. The molecule has 8 heteroatoms. The SMILES string of the molecule is CC(C)n1c(=O)oc2cc(NC[C@H]3CC[C@H](NS(=O)(=O)C(C)(C)C)CC3)ccc21. The summed E-state index contributed by atoms with van der Waals surface area (Å²) in [6.45, 7) is 9.90. The zero-order chi connectivity index (χ0) is 21.4. The average molecular weight is 424 g/mol. The van der Waals surface area contributed by atoms with E-state index in [1.165, 1.54) is 0 Å². The number of hydrogen-bond acceptors (Lipinski definition) is 5. The first-order valence-corrected chi connectivity index (χ1v) is 11.9. The zero-order valence-electron chi connectivity index (χ0n) is 18.0. The first-order chi connectivity index (χ1) is 13.5. The third-order valence-electron chi connectivity index (χ3n) is 5.70. The molecule has 0 amide bonds. The Labute approximate surface area is 172 Å². The van der Waals surface area contributed by atoms with Gasteiger partial charge in [0.05, 0.1) is 10.3 Å². The van der Waals surface area contributed by atoms with E-state index in [0.717, 1.165) is 43.4 Å². The van der Waals surface area contributed by atoms with Crippen LogP contribution in [0.4, 0.5) is 5.69 Å². The highest BCUT2D eigenvalue weighted by atomic mass is 32.2. The standard InChI is InChI=1S/C21H33N3O4S/c1-14(2)24-18-11-10-17(12-19(18)28-20(24)25)22-13-15-6-8-16(9-7-15)23-29(26,27)21(3,4)5/h10-12,14-16,22-23H,6-9,13H2,1-5H3/t15-,16-. The summed E-state index contributed by atoms with van der Waals surface area (Å²) in [7, 11) is -3.30. The van der Waals surface area contributed by atoms with Crippen molar-refractivity contribution in [2.24, 2.45) is 5.92 Å². The molecule has 0 bridgehead atoms. The number of nitrogens with one attached hydrogen (secondary N) is 2. The van der Waals surface area contributed by atoms with Crippen LogP contribution in [0.5, 0.6) is 0 Å². The van der Waals surface area contributed by atoms with E-state index in [1.54, 1.807) is 25.3 Å². The van der Waals surface area contributed by atoms with Gasteiger partial charge in [0, 0.05) is 30.4 Å². The molecule has 0 saturated heterocycles. The number of nitrogens with zero attached hydrogens (tertiary/aromatic N) is 1. The molecule has 2 N–H and O–H groups in total. The predicted molar refractivity (Wildman–Crippen MR) is 117 cm³/mol. The van der Waals surface area contributed by atoms with Gasteiger partial charge in [-0.05, 0) is 78.4 Å². The maximum atomic E-state index is 12.3. The zero-order valence-corrected chi connectivity index (χ0v) is 18.8. The van der Waals surface area contributed by atoms with Crippen molar-refractivity contribution in [2.45, 2.75) is 77.1 Å². The van der Waals surface area contributed by atoms with Crippen molar-refractivity contribution in [1.29, 1.82) is 0 Å². The van der Waals surface area contributed by atoms with Crippen LogP contribution in [0, 0.1) is 5.92 Å². The summed E-state index contributed by atoms with van der Waals surface area (Å²) in [5, 5.41) is 3.44. The Morgan fingerprint density at radius 2 is 1.83 bits per heavy atom. The molecule has 2 aromatic rings. The fourth-order valence-corrected chi connectivity index (χ4v) is 4.81. The quantitative estimate of drug-likeness (QED) is 0.736. The highest BCUT2D eigenvalue weighted by Gasteiger charge is 2.32. The highest BCUT2D eigenvalue weighted by molar-refractivity contribution is 7.90. The lowest BCUT2D eigenvalue weighted by atomic mass is 9.86. The Morgan fingerprint density at radius 3 is 2.41 bits per heavy atom. The molecule has 162 valence electrons. The van der Waals surface area contributed by atoms with E-state index in [9.17, 15) is 13.2 Å². The van der Waals surface area contributed by atoms with Gasteiger partial charge in [-0.25, -0.2) is 17.9 Å². The molecule has 1 heterocycles. The van der Waals surface area contributed by atoms with Gasteiger partial charge in [0.15, 0.2) is 5.58 Å². The lowest BCUT2D eigenvalue weighted by molar-refractivity contribution is 0.322. The maximum Gasteiger partial charge on any atom is 0.420 e. The number of benzene rings is 1. The molecule has 1 saturated carbocycles. The van der Waals surface area contributed by atoms with Crippen LogP contribution in [0.15, 0.2) is 27.4 Å². The van der Waals surface area contributed by atoms with Crippen molar-refractivity contribution in [1.82, 2.24) is 9.29 Å². The van der Waals surface area contributed by atoms with Gasteiger partial charge in [0.25, 0.3) is 0 Å². The minimum absolute atomic E-state index is 0.0249. The Kier molecular flexibility index (Phi) is 6.15. The molecule has 3 rings (SSSR count). The second kappa shape index (κ2) is 8.14. The summed E-state index contributed by atoms with van der Waals surface area (Å²) in [5.41, 5.74) is 2.33. The Balaban J connectivity index is 1.55. The van der Waals surface area contributed by atoms with Crippen molar-refractivity contribution in [2.75, 3.05) is 11.9 Å². The number of anilines is 1. The normalized spacial score (nSPS) is 21.0. The molecule has 1 aliphatic carbocycles. The summed E-state index contributed by atoms with van der Waals surface area (Å²) in [5.74, 6) is 0.163. The Hall–Kier alpha value is -1.80. The molecular weight excluding hydrogens is 390 g/mol. The van der Waals surface area contributed by atoms with Gasteiger partial charge in [-0.15, -0.1) is 0 Å². The molecule has 1 aromatic heterocycles. The molecule has 1 aromatic carbocycles. The largest absolute Gasteiger partial charge is 0.420 e. The highest BCUT2D eigenvalue weighted by Crippen LogP contribution is 2.27. The van der Waals surface area contributed by atoms with Crippen LogP contribution in [0.25, 0.3) is 11.1 Å². The van der Waals surface area contributed by atoms with E-state index < -0.39 is 14.8 Å². The molecule has 0 spiro atoms. The molecule has 1 aliphatic rings. The van der Waals surface area contributed by atoms with E-state index in [1.807, 2.05) is 32.0 Å². The molecule has 0 atom stereocenters.